The van der Waals surface area contributed by atoms with Crippen LogP contribution in [-0.2, 0) is 4.74 Å². The zero-order chi connectivity index (χ0) is 13.7. The van der Waals surface area contributed by atoms with Crippen LogP contribution in [0.1, 0.15) is 10.4 Å². The summed E-state index contributed by atoms with van der Waals surface area (Å²) in [5, 5.41) is 20.8. The fourth-order valence-corrected chi connectivity index (χ4v) is 1.51. The lowest BCUT2D eigenvalue weighted by Crippen LogP contribution is -2.29. The topological polar surface area (TPSA) is 105 Å². The number of carboxylic acid groups (broad SMARTS) is 1. The van der Waals surface area contributed by atoms with Gasteiger partial charge in [0.15, 0.2) is 0 Å². The summed E-state index contributed by atoms with van der Waals surface area (Å²) < 4.78 is 18.0. The molecule has 0 bridgehead atoms. The Morgan fingerprint density at radius 3 is 2.78 bits per heavy atom. The second-order valence-electron chi connectivity index (χ2n) is 3.67. The Morgan fingerprint density at radius 1 is 1.61 bits per heavy atom. The number of benzene rings is 1. The Morgan fingerprint density at radius 2 is 2.28 bits per heavy atom. The number of aliphatic hydroxyl groups excluding tert-OH is 1. The Labute approximate surface area is 103 Å². The van der Waals surface area contributed by atoms with Gasteiger partial charge < -0.3 is 26.0 Å². The van der Waals surface area contributed by atoms with E-state index in [1.165, 1.54) is 13.2 Å². The van der Waals surface area contributed by atoms with Crippen LogP contribution in [0.5, 0.6) is 0 Å². The molecule has 0 saturated carbocycles. The molecular weight excluding hydrogens is 243 g/mol. The summed E-state index contributed by atoms with van der Waals surface area (Å²) >= 11 is 0. The van der Waals surface area contributed by atoms with Crippen molar-refractivity contribution in [2.75, 3.05) is 31.4 Å². The summed E-state index contributed by atoms with van der Waals surface area (Å²) in [5.41, 5.74) is 4.72. The van der Waals surface area contributed by atoms with Crippen molar-refractivity contribution in [3.63, 3.8) is 0 Å². The summed E-state index contributed by atoms with van der Waals surface area (Å²) in [7, 11) is 1.45. The normalized spacial score (nSPS) is 12.2. The summed E-state index contributed by atoms with van der Waals surface area (Å²) in [4.78, 5) is 11.0. The standard InChI is InChI=1S/C11H15FN2O4/c1-18-5-6(4-15)14-8-3-2-7(12)10(13)9(8)11(16)17/h2-3,6,14-15H,4-5,13H2,1H3,(H,16,17). The number of aromatic carboxylic acids is 1. The second-order valence-corrected chi connectivity index (χ2v) is 3.67. The van der Waals surface area contributed by atoms with Gasteiger partial charge in [-0.3, -0.25) is 0 Å². The first-order chi connectivity index (χ1) is 8.51. The van der Waals surface area contributed by atoms with Crippen LogP contribution in [0.3, 0.4) is 0 Å². The van der Waals surface area contributed by atoms with Gasteiger partial charge in [-0.2, -0.15) is 0 Å². The highest BCUT2D eigenvalue weighted by Gasteiger charge is 2.19. The second kappa shape index (κ2) is 6.18. The smallest absolute Gasteiger partial charge is 0.340 e. The van der Waals surface area contributed by atoms with Crippen LogP contribution in [0.2, 0.25) is 0 Å². The number of aliphatic hydroxyl groups is 1. The molecule has 0 aromatic heterocycles. The van der Waals surface area contributed by atoms with E-state index in [-0.39, 0.29) is 24.5 Å². The van der Waals surface area contributed by atoms with Crippen LogP contribution in [0.25, 0.3) is 0 Å². The number of hydrogen-bond acceptors (Lipinski definition) is 5. The molecule has 0 spiro atoms. The van der Waals surface area contributed by atoms with Crippen LogP contribution in [0.4, 0.5) is 15.8 Å². The number of nitrogens with one attached hydrogen (secondary N) is 1. The first-order valence-corrected chi connectivity index (χ1v) is 5.18. The molecule has 1 aromatic carbocycles. The number of nitrogen functional groups attached to an aromatic ring is 1. The van der Waals surface area contributed by atoms with Gasteiger partial charge >= 0.3 is 5.97 Å². The molecule has 1 rings (SSSR count). The minimum atomic E-state index is -1.34. The fraction of sp³-hybridized carbons (Fsp3) is 0.364. The predicted molar refractivity (Wildman–Crippen MR) is 64.1 cm³/mol. The molecule has 0 fully saturated rings. The molecule has 0 aliphatic rings. The zero-order valence-corrected chi connectivity index (χ0v) is 9.81. The minimum Gasteiger partial charge on any atom is -0.478 e. The Balaban J connectivity index is 3.08. The van der Waals surface area contributed by atoms with Crippen LogP contribution in [-0.4, -0.2) is 42.5 Å². The van der Waals surface area contributed by atoms with Gasteiger partial charge in [0.2, 0.25) is 0 Å². The van der Waals surface area contributed by atoms with E-state index in [0.717, 1.165) is 6.07 Å². The summed E-state index contributed by atoms with van der Waals surface area (Å²) in [6.07, 6.45) is 0. The van der Waals surface area contributed by atoms with E-state index < -0.39 is 23.5 Å². The van der Waals surface area contributed by atoms with Gasteiger partial charge in [0.1, 0.15) is 11.4 Å². The maximum atomic E-state index is 13.2. The molecule has 18 heavy (non-hydrogen) atoms. The number of methoxy groups -OCH3 is 1. The van der Waals surface area contributed by atoms with Crippen molar-refractivity contribution in [3.05, 3.63) is 23.5 Å². The third-order valence-corrected chi connectivity index (χ3v) is 2.35. The first kappa shape index (κ1) is 14.2. The number of halogens is 1. The monoisotopic (exact) mass is 258 g/mol. The molecular formula is C11H15FN2O4. The van der Waals surface area contributed by atoms with Gasteiger partial charge in [-0.15, -0.1) is 0 Å². The highest BCUT2D eigenvalue weighted by atomic mass is 19.1. The first-order valence-electron chi connectivity index (χ1n) is 5.18. The van der Waals surface area contributed by atoms with E-state index in [4.69, 9.17) is 20.7 Å². The van der Waals surface area contributed by atoms with Crippen molar-refractivity contribution in [1.29, 1.82) is 0 Å². The number of anilines is 2. The molecule has 1 atom stereocenters. The molecule has 0 aliphatic heterocycles. The molecule has 7 heteroatoms. The number of carbonyl (C=O) groups is 1. The third kappa shape index (κ3) is 3.08. The molecule has 0 heterocycles. The van der Waals surface area contributed by atoms with Gasteiger partial charge in [0.25, 0.3) is 0 Å². The van der Waals surface area contributed by atoms with Crippen molar-refractivity contribution in [1.82, 2.24) is 0 Å². The molecule has 5 N–H and O–H groups in total. The number of ether oxygens (including phenoxy) is 1. The van der Waals surface area contributed by atoms with E-state index in [9.17, 15) is 9.18 Å². The molecule has 1 aromatic rings. The maximum Gasteiger partial charge on any atom is 0.340 e. The lowest BCUT2D eigenvalue weighted by molar-refractivity contribution is 0.0698. The molecule has 0 amide bonds. The van der Waals surface area contributed by atoms with Gasteiger partial charge in [-0.25, -0.2) is 9.18 Å². The van der Waals surface area contributed by atoms with Crippen molar-refractivity contribution in [2.45, 2.75) is 6.04 Å². The SMILES string of the molecule is COCC(CO)Nc1ccc(F)c(N)c1C(=O)O. The average molecular weight is 258 g/mol. The van der Waals surface area contributed by atoms with Crippen LogP contribution in [0.15, 0.2) is 12.1 Å². The van der Waals surface area contributed by atoms with E-state index in [0.29, 0.717) is 0 Å². The van der Waals surface area contributed by atoms with Gasteiger partial charge in [-0.1, -0.05) is 0 Å². The van der Waals surface area contributed by atoms with Crippen LogP contribution >= 0.6 is 0 Å². The predicted octanol–water partition coefficient (Wildman–Crippen LogP) is 0.525. The van der Waals surface area contributed by atoms with Gasteiger partial charge in [-0.05, 0) is 12.1 Å². The molecule has 0 saturated heterocycles. The number of carboxylic acids is 1. The van der Waals surface area contributed by atoms with Crippen molar-refractivity contribution < 1.29 is 24.1 Å². The summed E-state index contributed by atoms with van der Waals surface area (Å²) in [6.45, 7) is -0.0863. The van der Waals surface area contributed by atoms with E-state index >= 15 is 0 Å². The third-order valence-electron chi connectivity index (χ3n) is 2.35. The Kier molecular flexibility index (Phi) is 4.87. The maximum absolute atomic E-state index is 13.2. The molecule has 100 valence electrons. The highest BCUT2D eigenvalue weighted by molar-refractivity contribution is 6.00. The Hall–Kier alpha value is -1.86. The van der Waals surface area contributed by atoms with Gasteiger partial charge in [0.05, 0.1) is 30.6 Å². The Bertz CT molecular complexity index is 439. The summed E-state index contributed by atoms with van der Waals surface area (Å²) in [5.74, 6) is -2.14. The van der Waals surface area contributed by atoms with Crippen molar-refractivity contribution in [2.24, 2.45) is 0 Å². The quantitative estimate of drug-likeness (QED) is 0.555. The number of rotatable bonds is 6. The van der Waals surface area contributed by atoms with E-state index in [1.54, 1.807) is 0 Å². The lowest BCUT2D eigenvalue weighted by Gasteiger charge is -2.19. The highest BCUT2D eigenvalue weighted by Crippen LogP contribution is 2.25. The van der Waals surface area contributed by atoms with Gasteiger partial charge in [0, 0.05) is 7.11 Å². The number of nitrogens with two attached hydrogens (primary N) is 1. The molecule has 6 nitrogen and oxygen atoms in total. The van der Waals surface area contributed by atoms with E-state index in [1.807, 2.05) is 0 Å². The molecule has 0 radical (unpaired) electrons. The zero-order valence-electron chi connectivity index (χ0n) is 9.81. The lowest BCUT2D eigenvalue weighted by atomic mass is 10.1. The van der Waals surface area contributed by atoms with Crippen molar-refractivity contribution in [3.8, 4) is 0 Å². The fourth-order valence-electron chi connectivity index (χ4n) is 1.51. The van der Waals surface area contributed by atoms with Crippen LogP contribution < -0.4 is 11.1 Å². The number of hydrogen-bond donors (Lipinski definition) is 4. The summed E-state index contributed by atoms with van der Waals surface area (Å²) in [6, 6.07) is 1.82. The van der Waals surface area contributed by atoms with Crippen molar-refractivity contribution >= 4 is 17.3 Å². The molecule has 0 aliphatic carbocycles. The largest absolute Gasteiger partial charge is 0.478 e. The van der Waals surface area contributed by atoms with Crippen LogP contribution in [0, 0.1) is 5.82 Å². The van der Waals surface area contributed by atoms with E-state index in [2.05, 4.69) is 5.32 Å². The minimum absolute atomic E-state index is 0.137. The average Bonchev–Trinajstić information content (AvgIpc) is 2.32. The molecule has 1 unspecified atom stereocenters.